The molecule has 0 aliphatic carbocycles. The number of carbonyl (C=O) groups excluding carboxylic acids is 2. The zero-order chi connectivity index (χ0) is 30.7. The van der Waals surface area contributed by atoms with E-state index >= 15 is 0 Å². The van der Waals surface area contributed by atoms with Gasteiger partial charge in [0.2, 0.25) is 0 Å². The smallest absolute Gasteiger partial charge is 0.547 e. The van der Waals surface area contributed by atoms with Crippen LogP contribution in [0.1, 0.15) is 194 Å². The van der Waals surface area contributed by atoms with E-state index in [1.807, 2.05) is 0 Å². The summed E-state index contributed by atoms with van der Waals surface area (Å²) in [6, 6.07) is 0. The van der Waals surface area contributed by atoms with E-state index in [1.165, 1.54) is 154 Å². The molecule has 0 aromatic carbocycles. The Balaban J connectivity index is 0.000000802. The zero-order valence-corrected chi connectivity index (χ0v) is 32.3. The van der Waals surface area contributed by atoms with Crippen molar-refractivity contribution in [2.75, 3.05) is 0 Å². The predicted molar refractivity (Wildman–Crippen MR) is 168 cm³/mol. The van der Waals surface area contributed by atoms with Crippen molar-refractivity contribution in [1.82, 2.24) is 0 Å². The van der Waals surface area contributed by atoms with Crippen LogP contribution in [-0.4, -0.2) is 36.4 Å². The molecule has 2 saturated heterocycles. The van der Waals surface area contributed by atoms with Gasteiger partial charge in [-0.2, -0.15) is 0 Å². The third-order valence-electron chi connectivity index (χ3n) is 8.81. The van der Waals surface area contributed by atoms with Crippen LogP contribution in [0.5, 0.6) is 0 Å². The maximum Gasteiger partial charge on any atom is 2.00 e. The molecular formula is C36H66CdO6. The van der Waals surface area contributed by atoms with Crippen molar-refractivity contribution in [3.63, 3.8) is 0 Å². The minimum absolute atomic E-state index is 0. The molecule has 0 saturated carbocycles. The molecule has 248 valence electrons. The molecule has 43 heavy (non-hydrogen) atoms. The Hall–Kier alpha value is -0.218. The van der Waals surface area contributed by atoms with E-state index in [1.54, 1.807) is 0 Å². The Kier molecular flexibility index (Phi) is 30.3. The molecule has 6 nitrogen and oxygen atoms in total. The average Bonchev–Trinajstić information content (AvgIpc) is 3.90. The van der Waals surface area contributed by atoms with Crippen molar-refractivity contribution in [2.45, 2.75) is 218 Å². The van der Waals surface area contributed by atoms with Crippen LogP contribution in [0.3, 0.4) is 0 Å². The Bertz CT molecular complexity index is 591. The van der Waals surface area contributed by atoms with Crippen molar-refractivity contribution in [3.8, 4) is 0 Å². The average molecular weight is 707 g/mol. The normalized spacial score (nSPS) is 20.1. The van der Waals surface area contributed by atoms with Gasteiger partial charge in [0, 0.05) is 0 Å². The van der Waals surface area contributed by atoms with Crippen molar-refractivity contribution >= 4 is 11.9 Å². The van der Waals surface area contributed by atoms with Crippen molar-refractivity contribution < 1.29 is 56.6 Å². The first kappa shape index (κ1) is 42.8. The monoisotopic (exact) mass is 708 g/mol. The van der Waals surface area contributed by atoms with Crippen LogP contribution in [0.25, 0.3) is 0 Å². The number of carboxylic acid groups (broad SMARTS) is 2. The van der Waals surface area contributed by atoms with Crippen LogP contribution in [0.2, 0.25) is 0 Å². The molecule has 2 heterocycles. The van der Waals surface area contributed by atoms with Gasteiger partial charge in [-0.05, 0) is 12.8 Å². The van der Waals surface area contributed by atoms with E-state index in [9.17, 15) is 19.8 Å². The molecule has 0 radical (unpaired) electrons. The molecule has 2 aliphatic rings. The van der Waals surface area contributed by atoms with Gasteiger partial charge >= 0.3 is 27.3 Å². The van der Waals surface area contributed by atoms with E-state index in [2.05, 4.69) is 13.8 Å². The summed E-state index contributed by atoms with van der Waals surface area (Å²) in [6.45, 7) is 4.53. The van der Waals surface area contributed by atoms with E-state index < -0.39 is 24.1 Å². The SMILES string of the molecule is CCCCCCCCCCCCCCCC1OC1C(=O)[O-].CCCCCCCCCCCCCCCC1OC1C(=O)[O-].[Cd+2]. The van der Waals surface area contributed by atoms with Gasteiger partial charge in [0.05, 0.1) is 24.1 Å². The molecule has 2 aliphatic heterocycles. The summed E-state index contributed by atoms with van der Waals surface area (Å²) in [6.07, 6.45) is 35.3. The zero-order valence-electron chi connectivity index (χ0n) is 28.3. The molecule has 0 aromatic rings. The standard InChI is InChI=1S/2C18H34O3.Cd/c2*1-2-3-4-5-6-7-8-9-10-11-12-13-14-15-16-17(21-16)18(19)20;/h2*16-17H,2-15H2,1H3,(H,19,20);/q;;+2/p-2. The first-order valence-electron chi connectivity index (χ1n) is 18.2. The van der Waals surface area contributed by atoms with Crippen molar-refractivity contribution in [3.05, 3.63) is 0 Å². The van der Waals surface area contributed by atoms with Crippen molar-refractivity contribution in [2.24, 2.45) is 0 Å². The summed E-state index contributed by atoms with van der Waals surface area (Å²) in [4.78, 5) is 20.9. The quantitative estimate of drug-likeness (QED) is 0.0426. The molecule has 7 heteroatoms. The summed E-state index contributed by atoms with van der Waals surface area (Å²) < 4.78 is 10.0. The van der Waals surface area contributed by atoms with Gasteiger partial charge in [0.15, 0.2) is 0 Å². The van der Waals surface area contributed by atoms with Crippen LogP contribution >= 0.6 is 0 Å². The van der Waals surface area contributed by atoms with Gasteiger partial charge < -0.3 is 29.3 Å². The van der Waals surface area contributed by atoms with E-state index in [0.717, 1.165) is 25.7 Å². The van der Waals surface area contributed by atoms with Gasteiger partial charge in [-0.25, -0.2) is 0 Å². The molecule has 0 amide bonds. The second-order valence-corrected chi connectivity index (χ2v) is 12.9. The third-order valence-corrected chi connectivity index (χ3v) is 8.81. The van der Waals surface area contributed by atoms with Gasteiger partial charge in [-0.15, -0.1) is 0 Å². The van der Waals surface area contributed by atoms with Crippen LogP contribution < -0.4 is 10.2 Å². The first-order valence-corrected chi connectivity index (χ1v) is 18.2. The Morgan fingerprint density at radius 2 is 0.628 bits per heavy atom. The minimum Gasteiger partial charge on any atom is -0.547 e. The Labute approximate surface area is 285 Å². The van der Waals surface area contributed by atoms with Crippen LogP contribution in [0.15, 0.2) is 0 Å². The number of hydrogen-bond acceptors (Lipinski definition) is 6. The molecule has 0 aromatic heterocycles. The molecule has 4 atom stereocenters. The number of hydrogen-bond donors (Lipinski definition) is 0. The molecule has 2 fully saturated rings. The molecule has 0 bridgehead atoms. The summed E-state index contributed by atoms with van der Waals surface area (Å²) >= 11 is 0. The van der Waals surface area contributed by atoms with Crippen LogP contribution in [0, 0.1) is 0 Å². The fraction of sp³-hybridized carbons (Fsp3) is 0.944. The molecular weight excluding hydrogens is 641 g/mol. The number of epoxide rings is 2. The maximum absolute atomic E-state index is 10.5. The topological polar surface area (TPSA) is 105 Å². The number of aliphatic carboxylic acids is 2. The number of ether oxygens (including phenoxy) is 2. The second kappa shape index (κ2) is 30.4. The molecule has 4 unspecified atom stereocenters. The molecule has 0 N–H and O–H groups in total. The summed E-state index contributed by atoms with van der Waals surface area (Å²) in [5.41, 5.74) is 0. The maximum atomic E-state index is 10.5. The summed E-state index contributed by atoms with van der Waals surface area (Å²) in [7, 11) is 0. The van der Waals surface area contributed by atoms with E-state index in [0.29, 0.717) is 0 Å². The Morgan fingerprint density at radius 3 is 0.814 bits per heavy atom. The van der Waals surface area contributed by atoms with Gasteiger partial charge in [0.1, 0.15) is 12.2 Å². The minimum atomic E-state index is -1.05. The fourth-order valence-electron chi connectivity index (χ4n) is 5.87. The van der Waals surface area contributed by atoms with Gasteiger partial charge in [-0.1, -0.05) is 181 Å². The van der Waals surface area contributed by atoms with Crippen LogP contribution in [-0.2, 0) is 46.4 Å². The van der Waals surface area contributed by atoms with Crippen LogP contribution in [0.4, 0.5) is 0 Å². The summed E-state index contributed by atoms with van der Waals surface area (Å²) in [5, 5.41) is 20.9. The molecule has 0 spiro atoms. The van der Waals surface area contributed by atoms with E-state index in [4.69, 9.17) is 9.47 Å². The predicted octanol–water partition coefficient (Wildman–Crippen LogP) is 7.97. The summed E-state index contributed by atoms with van der Waals surface area (Å²) in [5.74, 6) is -2.09. The van der Waals surface area contributed by atoms with Gasteiger partial charge in [-0.3, -0.25) is 0 Å². The van der Waals surface area contributed by atoms with E-state index in [-0.39, 0.29) is 39.5 Å². The second-order valence-electron chi connectivity index (χ2n) is 12.9. The Morgan fingerprint density at radius 1 is 0.419 bits per heavy atom. The largest absolute Gasteiger partial charge is 2.00 e. The number of unbranched alkanes of at least 4 members (excludes halogenated alkanes) is 24. The van der Waals surface area contributed by atoms with Gasteiger partial charge in [0.25, 0.3) is 0 Å². The molecule has 2 rings (SSSR count). The van der Waals surface area contributed by atoms with Crippen molar-refractivity contribution in [1.29, 1.82) is 0 Å². The number of carboxylic acids is 2. The number of carbonyl (C=O) groups is 2. The fourth-order valence-corrected chi connectivity index (χ4v) is 5.87. The first-order chi connectivity index (χ1) is 20.5. The number of rotatable bonds is 30. The third kappa shape index (κ3) is 26.7.